The highest BCUT2D eigenvalue weighted by Gasteiger charge is 2.14. The fourth-order valence-corrected chi connectivity index (χ4v) is 1.87. The van der Waals surface area contributed by atoms with Crippen LogP contribution in [0, 0.1) is 5.92 Å². The first-order chi connectivity index (χ1) is 6.88. The van der Waals surface area contributed by atoms with E-state index in [4.69, 9.17) is 11.6 Å². The van der Waals surface area contributed by atoms with Gasteiger partial charge in [0.05, 0.1) is 0 Å². The van der Waals surface area contributed by atoms with Gasteiger partial charge in [0.2, 0.25) is 0 Å². The van der Waals surface area contributed by atoms with Crippen LogP contribution in [-0.4, -0.2) is 19.0 Å². The molecule has 0 aliphatic carbocycles. The molecule has 1 aliphatic rings. The fourth-order valence-electron chi connectivity index (χ4n) is 1.78. The molecule has 0 amide bonds. The number of hydrogen-bond donors (Lipinski definition) is 1. The Morgan fingerprint density at radius 1 is 1.57 bits per heavy atom. The van der Waals surface area contributed by atoms with Crippen LogP contribution < -0.4 is 5.32 Å². The standard InChI is InChI=1S/C12H18ClN/c1-2-5-11(6-3-8-13)12-7-4-9-14-10-12/h2-3,5-6,12,14H,1,4,7-10H2/b6-3-,11-5+. The molecule has 1 N–H and O–H groups in total. The van der Waals surface area contributed by atoms with Crippen molar-refractivity contribution in [2.45, 2.75) is 12.8 Å². The smallest absolute Gasteiger partial charge is 0.0407 e. The molecule has 1 atom stereocenters. The quantitative estimate of drug-likeness (QED) is 0.557. The summed E-state index contributed by atoms with van der Waals surface area (Å²) in [7, 11) is 0. The van der Waals surface area contributed by atoms with Gasteiger partial charge in [0, 0.05) is 12.4 Å². The van der Waals surface area contributed by atoms with Gasteiger partial charge >= 0.3 is 0 Å². The molecule has 1 rings (SSSR count). The summed E-state index contributed by atoms with van der Waals surface area (Å²) < 4.78 is 0. The summed E-state index contributed by atoms with van der Waals surface area (Å²) in [5.74, 6) is 1.20. The minimum absolute atomic E-state index is 0.578. The van der Waals surface area contributed by atoms with Gasteiger partial charge in [-0.1, -0.05) is 30.9 Å². The first kappa shape index (κ1) is 11.5. The average Bonchev–Trinajstić information content (AvgIpc) is 2.25. The number of piperidine rings is 1. The van der Waals surface area contributed by atoms with Crippen molar-refractivity contribution >= 4 is 11.6 Å². The van der Waals surface area contributed by atoms with E-state index in [0.717, 1.165) is 13.1 Å². The summed E-state index contributed by atoms with van der Waals surface area (Å²) in [5.41, 5.74) is 1.34. The van der Waals surface area contributed by atoms with E-state index >= 15 is 0 Å². The third kappa shape index (κ3) is 3.69. The van der Waals surface area contributed by atoms with Crippen LogP contribution in [0.25, 0.3) is 0 Å². The first-order valence-electron chi connectivity index (χ1n) is 5.14. The minimum Gasteiger partial charge on any atom is -0.316 e. The van der Waals surface area contributed by atoms with E-state index in [1.54, 1.807) is 0 Å². The minimum atomic E-state index is 0.578. The Hall–Kier alpha value is -0.530. The Balaban J connectivity index is 2.60. The van der Waals surface area contributed by atoms with Crippen molar-refractivity contribution < 1.29 is 0 Å². The molecule has 1 aliphatic heterocycles. The zero-order valence-electron chi connectivity index (χ0n) is 8.51. The molecule has 1 fully saturated rings. The maximum Gasteiger partial charge on any atom is 0.0407 e. The SMILES string of the molecule is C=C/C=C(\C=C/CCl)C1CCCNC1. The highest BCUT2D eigenvalue weighted by Crippen LogP contribution is 2.20. The maximum absolute atomic E-state index is 5.63. The summed E-state index contributed by atoms with van der Waals surface area (Å²) in [6.07, 6.45) is 10.6. The van der Waals surface area contributed by atoms with Crippen LogP contribution in [-0.2, 0) is 0 Å². The lowest BCUT2D eigenvalue weighted by atomic mass is 9.91. The van der Waals surface area contributed by atoms with Gasteiger partial charge in [-0.05, 0) is 30.9 Å². The van der Waals surface area contributed by atoms with Gasteiger partial charge in [-0.15, -0.1) is 11.6 Å². The normalized spacial score (nSPS) is 24.1. The molecule has 0 saturated carbocycles. The predicted octanol–water partition coefficient (Wildman–Crippen LogP) is 2.89. The highest BCUT2D eigenvalue weighted by molar-refractivity contribution is 6.18. The van der Waals surface area contributed by atoms with Gasteiger partial charge in [-0.2, -0.15) is 0 Å². The van der Waals surface area contributed by atoms with Crippen LogP contribution in [0.15, 0.2) is 36.5 Å². The van der Waals surface area contributed by atoms with Gasteiger partial charge in [0.15, 0.2) is 0 Å². The lowest BCUT2D eigenvalue weighted by Gasteiger charge is -2.23. The second-order valence-electron chi connectivity index (χ2n) is 3.50. The van der Waals surface area contributed by atoms with E-state index < -0.39 is 0 Å². The molecular formula is C12H18ClN. The average molecular weight is 212 g/mol. The summed E-state index contributed by atoms with van der Waals surface area (Å²) >= 11 is 5.63. The molecule has 0 aromatic carbocycles. The zero-order chi connectivity index (χ0) is 10.2. The van der Waals surface area contributed by atoms with Gasteiger partial charge in [-0.3, -0.25) is 0 Å². The molecule has 14 heavy (non-hydrogen) atoms. The summed E-state index contributed by atoms with van der Waals surface area (Å²) in [6.45, 7) is 5.97. The van der Waals surface area contributed by atoms with Gasteiger partial charge in [0.1, 0.15) is 0 Å². The van der Waals surface area contributed by atoms with Crippen LogP contribution in [0.4, 0.5) is 0 Å². The molecule has 0 aromatic rings. The topological polar surface area (TPSA) is 12.0 Å². The molecule has 1 heterocycles. The molecule has 0 aromatic heterocycles. The molecule has 1 saturated heterocycles. The monoisotopic (exact) mass is 211 g/mol. The lowest BCUT2D eigenvalue weighted by molar-refractivity contribution is 0.427. The van der Waals surface area contributed by atoms with Crippen LogP contribution in [0.1, 0.15) is 12.8 Å². The molecule has 0 spiro atoms. The van der Waals surface area contributed by atoms with Gasteiger partial charge < -0.3 is 5.32 Å². The number of halogens is 1. The number of hydrogen-bond acceptors (Lipinski definition) is 1. The molecule has 0 bridgehead atoms. The lowest BCUT2D eigenvalue weighted by Crippen LogP contribution is -2.30. The van der Waals surface area contributed by atoms with Crippen LogP contribution in [0.2, 0.25) is 0 Å². The Morgan fingerprint density at radius 3 is 3.00 bits per heavy atom. The molecular weight excluding hydrogens is 194 g/mol. The van der Waals surface area contributed by atoms with E-state index in [1.165, 1.54) is 18.4 Å². The highest BCUT2D eigenvalue weighted by atomic mass is 35.5. The van der Waals surface area contributed by atoms with Gasteiger partial charge in [0.25, 0.3) is 0 Å². The van der Waals surface area contributed by atoms with E-state index in [0.29, 0.717) is 11.8 Å². The molecule has 0 radical (unpaired) electrons. The van der Waals surface area contributed by atoms with Crippen LogP contribution in [0.3, 0.4) is 0 Å². The molecule has 78 valence electrons. The summed E-state index contributed by atoms with van der Waals surface area (Å²) in [4.78, 5) is 0. The fraction of sp³-hybridized carbons (Fsp3) is 0.500. The van der Waals surface area contributed by atoms with Crippen molar-refractivity contribution in [3.05, 3.63) is 36.5 Å². The Labute approximate surface area is 91.5 Å². The Morgan fingerprint density at radius 2 is 2.43 bits per heavy atom. The van der Waals surface area contributed by atoms with Crippen molar-refractivity contribution in [1.29, 1.82) is 0 Å². The van der Waals surface area contributed by atoms with E-state index in [1.807, 2.05) is 12.2 Å². The molecule has 1 nitrogen and oxygen atoms in total. The number of nitrogens with one attached hydrogen (secondary N) is 1. The van der Waals surface area contributed by atoms with Crippen molar-refractivity contribution in [1.82, 2.24) is 5.32 Å². The third-order valence-electron chi connectivity index (χ3n) is 2.48. The van der Waals surface area contributed by atoms with Crippen LogP contribution in [0.5, 0.6) is 0 Å². The summed E-state index contributed by atoms with van der Waals surface area (Å²) in [6, 6.07) is 0. The molecule has 1 unspecified atom stereocenters. The maximum atomic E-state index is 5.63. The predicted molar refractivity (Wildman–Crippen MR) is 63.7 cm³/mol. The zero-order valence-corrected chi connectivity index (χ0v) is 9.26. The second-order valence-corrected chi connectivity index (χ2v) is 3.81. The van der Waals surface area contributed by atoms with Crippen molar-refractivity contribution in [2.24, 2.45) is 5.92 Å². The van der Waals surface area contributed by atoms with E-state index in [9.17, 15) is 0 Å². The van der Waals surface area contributed by atoms with E-state index in [-0.39, 0.29) is 0 Å². The van der Waals surface area contributed by atoms with Crippen molar-refractivity contribution in [2.75, 3.05) is 19.0 Å². The van der Waals surface area contributed by atoms with Crippen molar-refractivity contribution in [3.8, 4) is 0 Å². The van der Waals surface area contributed by atoms with Gasteiger partial charge in [-0.25, -0.2) is 0 Å². The first-order valence-corrected chi connectivity index (χ1v) is 5.67. The Bertz CT molecular complexity index is 224. The Kier molecular flexibility index (Phi) is 5.65. The number of rotatable bonds is 4. The summed E-state index contributed by atoms with van der Waals surface area (Å²) in [5, 5.41) is 3.41. The second kappa shape index (κ2) is 6.86. The third-order valence-corrected chi connectivity index (χ3v) is 2.66. The largest absolute Gasteiger partial charge is 0.316 e. The van der Waals surface area contributed by atoms with Crippen molar-refractivity contribution in [3.63, 3.8) is 0 Å². The van der Waals surface area contributed by atoms with Crippen LogP contribution >= 0.6 is 11.6 Å². The number of alkyl halides is 1. The molecule has 2 heteroatoms. The van der Waals surface area contributed by atoms with E-state index in [2.05, 4.69) is 24.0 Å². The number of allylic oxidation sites excluding steroid dienone is 4.